The van der Waals surface area contributed by atoms with Gasteiger partial charge in [-0.15, -0.1) is 11.3 Å². The molecular formula is C31H45NO4S. The van der Waals surface area contributed by atoms with Gasteiger partial charge in [0.2, 0.25) is 0 Å². The summed E-state index contributed by atoms with van der Waals surface area (Å²) in [7, 11) is 0. The molecule has 3 rings (SSSR count). The summed E-state index contributed by atoms with van der Waals surface area (Å²) in [5.74, 6) is 1.13. The van der Waals surface area contributed by atoms with Gasteiger partial charge in [-0.2, -0.15) is 0 Å². The van der Waals surface area contributed by atoms with Gasteiger partial charge in [0.15, 0.2) is 5.78 Å². The molecule has 0 spiro atoms. The zero-order valence-electron chi connectivity index (χ0n) is 23.6. The summed E-state index contributed by atoms with van der Waals surface area (Å²) in [6.07, 6.45) is 8.30. The van der Waals surface area contributed by atoms with Crippen molar-refractivity contribution in [3.05, 3.63) is 40.3 Å². The first-order valence-electron chi connectivity index (χ1n) is 13.9. The number of aryl methyl sites for hydroxylation is 1. The molecule has 1 amide bonds. The lowest BCUT2D eigenvalue weighted by Gasteiger charge is -2.30. The molecule has 1 heterocycles. The molecule has 0 aliphatic heterocycles. The largest absolute Gasteiger partial charge is 0.494 e. The highest BCUT2D eigenvalue weighted by Crippen LogP contribution is 2.45. The Morgan fingerprint density at radius 2 is 1.78 bits per heavy atom. The monoisotopic (exact) mass is 527 g/mol. The van der Waals surface area contributed by atoms with Gasteiger partial charge in [-0.3, -0.25) is 4.79 Å². The van der Waals surface area contributed by atoms with E-state index in [0.717, 1.165) is 66.7 Å². The van der Waals surface area contributed by atoms with Crippen LogP contribution in [0.2, 0.25) is 0 Å². The van der Waals surface area contributed by atoms with Crippen molar-refractivity contribution in [2.24, 2.45) is 5.41 Å². The molecule has 0 saturated heterocycles. The SMILES string of the molecule is CCCCCC(=O)c1c(-c2ccc(OCCCCNC(=O)OC(C)(C)C)cc2)sc2c1CC(C)(C)CC2. The highest BCUT2D eigenvalue weighted by Gasteiger charge is 2.32. The van der Waals surface area contributed by atoms with Gasteiger partial charge < -0.3 is 14.8 Å². The van der Waals surface area contributed by atoms with Crippen molar-refractivity contribution in [2.45, 2.75) is 105 Å². The van der Waals surface area contributed by atoms with E-state index in [4.69, 9.17) is 9.47 Å². The standard InChI is InChI=1S/C31H45NO4S/c1-7-8-9-12-25(33)27-24-21-31(5,6)18-17-26(24)37-28(27)22-13-15-23(16-14-22)35-20-11-10-19-32-29(34)36-30(2,3)4/h13-16H,7-12,17-21H2,1-6H3,(H,32,34). The molecule has 1 aromatic carbocycles. The van der Waals surface area contributed by atoms with Gasteiger partial charge >= 0.3 is 6.09 Å². The number of ketones is 1. The fourth-order valence-corrected chi connectivity index (χ4v) is 6.04. The predicted octanol–water partition coefficient (Wildman–Crippen LogP) is 8.38. The van der Waals surface area contributed by atoms with Crippen LogP contribution in [0, 0.1) is 5.41 Å². The minimum absolute atomic E-state index is 0.240. The third-order valence-electron chi connectivity index (χ3n) is 6.69. The number of hydrogen-bond donors (Lipinski definition) is 1. The maximum atomic E-state index is 13.4. The summed E-state index contributed by atoms with van der Waals surface area (Å²) >= 11 is 1.82. The summed E-state index contributed by atoms with van der Waals surface area (Å²) in [4.78, 5) is 27.6. The number of amides is 1. The summed E-state index contributed by atoms with van der Waals surface area (Å²) in [6.45, 7) is 13.5. The molecule has 1 N–H and O–H groups in total. The Morgan fingerprint density at radius 3 is 2.46 bits per heavy atom. The highest BCUT2D eigenvalue weighted by molar-refractivity contribution is 7.16. The summed E-state index contributed by atoms with van der Waals surface area (Å²) < 4.78 is 11.2. The van der Waals surface area contributed by atoms with E-state index in [-0.39, 0.29) is 11.5 Å². The Labute approximate surface area is 227 Å². The molecule has 2 aromatic rings. The first-order valence-corrected chi connectivity index (χ1v) is 14.7. The number of alkyl carbamates (subject to hydrolysis) is 1. The molecule has 0 bridgehead atoms. The second-order valence-corrected chi connectivity index (χ2v) is 13.0. The van der Waals surface area contributed by atoms with Crippen LogP contribution in [-0.4, -0.2) is 30.6 Å². The van der Waals surface area contributed by atoms with Gasteiger partial charge in [-0.1, -0.05) is 33.6 Å². The quantitative estimate of drug-likeness (QED) is 0.222. The Hall–Kier alpha value is -2.34. The van der Waals surface area contributed by atoms with Gasteiger partial charge in [0, 0.05) is 28.3 Å². The van der Waals surface area contributed by atoms with E-state index >= 15 is 0 Å². The van der Waals surface area contributed by atoms with E-state index in [9.17, 15) is 9.59 Å². The molecular weight excluding hydrogens is 482 g/mol. The predicted molar refractivity (Wildman–Crippen MR) is 153 cm³/mol. The van der Waals surface area contributed by atoms with E-state index < -0.39 is 5.60 Å². The minimum atomic E-state index is -0.485. The number of hydrogen-bond acceptors (Lipinski definition) is 5. The third-order valence-corrected chi connectivity index (χ3v) is 8.03. The number of rotatable bonds is 12. The molecule has 5 nitrogen and oxygen atoms in total. The number of fused-ring (bicyclic) bond motifs is 1. The number of thiophene rings is 1. The fraction of sp³-hybridized carbons (Fsp3) is 0.613. The molecule has 1 aromatic heterocycles. The van der Waals surface area contributed by atoms with Gasteiger partial charge in [-0.25, -0.2) is 4.79 Å². The van der Waals surface area contributed by atoms with Crippen LogP contribution >= 0.6 is 11.3 Å². The number of nitrogens with one attached hydrogen (secondary N) is 1. The van der Waals surface area contributed by atoms with Crippen molar-refractivity contribution in [2.75, 3.05) is 13.2 Å². The van der Waals surface area contributed by atoms with Gasteiger partial charge in [0.1, 0.15) is 11.4 Å². The molecule has 0 saturated carbocycles. The zero-order chi connectivity index (χ0) is 27.1. The minimum Gasteiger partial charge on any atom is -0.494 e. The number of ether oxygens (including phenoxy) is 2. The van der Waals surface area contributed by atoms with E-state index in [1.54, 1.807) is 0 Å². The van der Waals surface area contributed by atoms with Crippen molar-refractivity contribution in [3.8, 4) is 16.2 Å². The van der Waals surface area contributed by atoms with Gasteiger partial charge in [0.25, 0.3) is 0 Å². The number of Topliss-reactive ketones (excluding diaryl/α,β-unsaturated/α-hetero) is 1. The van der Waals surface area contributed by atoms with Crippen LogP contribution in [0.3, 0.4) is 0 Å². The molecule has 204 valence electrons. The zero-order valence-corrected chi connectivity index (χ0v) is 24.4. The maximum Gasteiger partial charge on any atom is 0.407 e. The molecule has 0 radical (unpaired) electrons. The van der Waals surface area contributed by atoms with E-state index in [0.29, 0.717) is 25.4 Å². The number of carbonyl (C=O) groups excluding carboxylic acids is 2. The summed E-state index contributed by atoms with van der Waals surface area (Å²) in [5, 5.41) is 2.78. The van der Waals surface area contributed by atoms with E-state index in [1.165, 1.54) is 16.9 Å². The van der Waals surface area contributed by atoms with Crippen LogP contribution in [0.15, 0.2) is 24.3 Å². The average molecular weight is 528 g/mol. The van der Waals surface area contributed by atoms with Crippen LogP contribution < -0.4 is 10.1 Å². The first-order chi connectivity index (χ1) is 17.5. The second kappa shape index (κ2) is 12.9. The maximum absolute atomic E-state index is 13.4. The summed E-state index contributed by atoms with van der Waals surface area (Å²) in [5.41, 5.74) is 3.14. The molecule has 0 fully saturated rings. The van der Waals surface area contributed by atoms with Crippen LogP contribution in [0.25, 0.3) is 10.4 Å². The Bertz CT molecular complexity index is 1050. The summed E-state index contributed by atoms with van der Waals surface area (Å²) in [6, 6.07) is 8.18. The van der Waals surface area contributed by atoms with Crippen LogP contribution in [0.5, 0.6) is 5.75 Å². The van der Waals surface area contributed by atoms with Crippen molar-refractivity contribution >= 4 is 23.2 Å². The van der Waals surface area contributed by atoms with Crippen LogP contribution in [0.1, 0.15) is 107 Å². The van der Waals surface area contributed by atoms with Crippen molar-refractivity contribution in [1.29, 1.82) is 0 Å². The topological polar surface area (TPSA) is 64.6 Å². The second-order valence-electron chi connectivity index (χ2n) is 11.9. The smallest absolute Gasteiger partial charge is 0.407 e. The number of benzene rings is 1. The molecule has 37 heavy (non-hydrogen) atoms. The average Bonchev–Trinajstić information content (AvgIpc) is 3.18. The molecule has 0 atom stereocenters. The van der Waals surface area contributed by atoms with E-state index in [1.807, 2.05) is 44.2 Å². The van der Waals surface area contributed by atoms with E-state index in [2.05, 4.69) is 38.2 Å². The van der Waals surface area contributed by atoms with Crippen LogP contribution in [0.4, 0.5) is 4.79 Å². The lowest BCUT2D eigenvalue weighted by Crippen LogP contribution is -2.33. The molecule has 6 heteroatoms. The number of carbonyl (C=O) groups is 2. The number of unbranched alkanes of at least 4 members (excludes halogenated alkanes) is 3. The molecule has 1 aliphatic carbocycles. The Kier molecular flexibility index (Phi) is 10.2. The molecule has 1 aliphatic rings. The Balaban J connectivity index is 1.60. The molecule has 0 unspecified atom stereocenters. The van der Waals surface area contributed by atoms with Crippen molar-refractivity contribution in [1.82, 2.24) is 5.32 Å². The highest BCUT2D eigenvalue weighted by atomic mass is 32.1. The Morgan fingerprint density at radius 1 is 1.05 bits per heavy atom. The fourth-order valence-electron chi connectivity index (χ4n) is 4.70. The van der Waals surface area contributed by atoms with Gasteiger partial charge in [-0.05, 0) is 100 Å². The lowest BCUT2D eigenvalue weighted by atomic mass is 9.75. The van der Waals surface area contributed by atoms with Gasteiger partial charge in [0.05, 0.1) is 6.61 Å². The van der Waals surface area contributed by atoms with Crippen molar-refractivity contribution < 1.29 is 19.1 Å². The lowest BCUT2D eigenvalue weighted by molar-refractivity contribution is 0.0526. The first kappa shape index (κ1) is 29.2. The van der Waals surface area contributed by atoms with Crippen molar-refractivity contribution in [3.63, 3.8) is 0 Å². The normalized spacial score (nSPS) is 14.6. The third kappa shape index (κ3) is 8.87. The van der Waals surface area contributed by atoms with Crippen LogP contribution in [-0.2, 0) is 17.6 Å².